The Morgan fingerprint density at radius 2 is 1.81 bits per heavy atom. The SMILES string of the molecule is OC1C=C(OCc2ccccc2)C=CN1C1=Cc2ccc(CN3CCCC3)cc2CC1. The molecule has 3 aliphatic rings. The maximum atomic E-state index is 10.7. The molecule has 0 spiro atoms. The Labute approximate surface area is 184 Å². The monoisotopic (exact) mass is 414 g/mol. The van der Waals surface area contributed by atoms with Crippen LogP contribution >= 0.6 is 0 Å². The summed E-state index contributed by atoms with van der Waals surface area (Å²) in [6.07, 6.45) is 11.7. The fourth-order valence-corrected chi connectivity index (χ4v) is 4.66. The molecule has 4 nitrogen and oxygen atoms in total. The highest BCUT2D eigenvalue weighted by atomic mass is 16.5. The Balaban J connectivity index is 1.23. The number of ether oxygens (including phenoxy) is 1. The summed E-state index contributed by atoms with van der Waals surface area (Å²) in [4.78, 5) is 4.49. The molecule has 1 fully saturated rings. The molecule has 2 aromatic rings. The number of fused-ring (bicyclic) bond motifs is 1. The molecule has 0 bridgehead atoms. The fraction of sp³-hybridized carbons (Fsp3) is 0.333. The van der Waals surface area contributed by atoms with Crippen molar-refractivity contribution in [2.24, 2.45) is 0 Å². The second-order valence-electron chi connectivity index (χ2n) is 8.63. The molecule has 1 unspecified atom stereocenters. The topological polar surface area (TPSA) is 35.9 Å². The summed E-state index contributed by atoms with van der Waals surface area (Å²) in [6.45, 7) is 4.02. The molecule has 1 saturated heterocycles. The molecule has 1 N–H and O–H groups in total. The predicted molar refractivity (Wildman–Crippen MR) is 124 cm³/mol. The average Bonchev–Trinajstić information content (AvgIpc) is 3.31. The number of nitrogens with zero attached hydrogens (tertiary/aromatic N) is 2. The van der Waals surface area contributed by atoms with Gasteiger partial charge in [-0.15, -0.1) is 0 Å². The highest BCUT2D eigenvalue weighted by molar-refractivity contribution is 5.60. The van der Waals surface area contributed by atoms with E-state index >= 15 is 0 Å². The largest absolute Gasteiger partial charge is 0.489 e. The second-order valence-corrected chi connectivity index (χ2v) is 8.63. The van der Waals surface area contributed by atoms with Crippen LogP contribution in [0.3, 0.4) is 0 Å². The van der Waals surface area contributed by atoms with Crippen LogP contribution in [0.2, 0.25) is 0 Å². The average molecular weight is 415 g/mol. The quantitative estimate of drug-likeness (QED) is 0.735. The van der Waals surface area contributed by atoms with Gasteiger partial charge in [-0.3, -0.25) is 4.90 Å². The van der Waals surface area contributed by atoms with Crippen LogP contribution < -0.4 is 0 Å². The maximum Gasteiger partial charge on any atom is 0.153 e. The lowest BCUT2D eigenvalue weighted by atomic mass is 9.92. The number of allylic oxidation sites excluding steroid dienone is 2. The molecule has 1 aliphatic carbocycles. The lowest BCUT2D eigenvalue weighted by Crippen LogP contribution is -2.31. The van der Waals surface area contributed by atoms with Crippen molar-refractivity contribution in [3.63, 3.8) is 0 Å². The van der Waals surface area contributed by atoms with Gasteiger partial charge in [0, 0.05) is 24.5 Å². The van der Waals surface area contributed by atoms with E-state index in [1.165, 1.54) is 42.6 Å². The number of aliphatic hydroxyl groups excluding tert-OH is 1. The molecule has 5 rings (SSSR count). The van der Waals surface area contributed by atoms with E-state index in [9.17, 15) is 5.11 Å². The lowest BCUT2D eigenvalue weighted by molar-refractivity contribution is 0.0895. The van der Waals surface area contributed by atoms with Gasteiger partial charge < -0.3 is 14.7 Å². The van der Waals surface area contributed by atoms with E-state index in [0.29, 0.717) is 12.4 Å². The van der Waals surface area contributed by atoms with E-state index < -0.39 is 6.23 Å². The van der Waals surface area contributed by atoms with Crippen LogP contribution in [-0.2, 0) is 24.3 Å². The number of aliphatic hydroxyl groups is 1. The van der Waals surface area contributed by atoms with Crippen LogP contribution in [0.15, 0.2) is 78.3 Å². The van der Waals surface area contributed by atoms with Crippen molar-refractivity contribution in [1.82, 2.24) is 9.80 Å². The van der Waals surface area contributed by atoms with Gasteiger partial charge in [0.2, 0.25) is 0 Å². The molecule has 2 heterocycles. The predicted octanol–water partition coefficient (Wildman–Crippen LogP) is 4.82. The minimum Gasteiger partial charge on any atom is -0.489 e. The maximum absolute atomic E-state index is 10.7. The number of hydrogen-bond donors (Lipinski definition) is 1. The molecule has 0 aromatic heterocycles. The van der Waals surface area contributed by atoms with Crippen molar-refractivity contribution in [2.45, 2.75) is 45.1 Å². The number of benzene rings is 2. The van der Waals surface area contributed by atoms with Gasteiger partial charge in [0.25, 0.3) is 0 Å². The summed E-state index contributed by atoms with van der Waals surface area (Å²) in [5.74, 6) is 0.705. The smallest absolute Gasteiger partial charge is 0.153 e. The highest BCUT2D eigenvalue weighted by Gasteiger charge is 2.22. The van der Waals surface area contributed by atoms with Crippen molar-refractivity contribution in [3.8, 4) is 0 Å². The van der Waals surface area contributed by atoms with Crippen molar-refractivity contribution in [1.29, 1.82) is 0 Å². The number of hydrogen-bond acceptors (Lipinski definition) is 4. The molecule has 0 radical (unpaired) electrons. The zero-order valence-corrected chi connectivity index (χ0v) is 17.9. The molecule has 4 heteroatoms. The Bertz CT molecular complexity index is 1000. The molecular formula is C27H30N2O2. The van der Waals surface area contributed by atoms with E-state index in [0.717, 1.165) is 30.6 Å². The molecule has 1 atom stereocenters. The molecule has 0 saturated carbocycles. The first-order valence-electron chi connectivity index (χ1n) is 11.3. The normalized spacial score (nSPS) is 20.9. The number of likely N-dealkylation sites (tertiary alicyclic amines) is 1. The summed E-state index contributed by atoms with van der Waals surface area (Å²) in [5.41, 5.74) is 6.35. The minimum absolute atomic E-state index is 0.500. The van der Waals surface area contributed by atoms with Crippen LogP contribution in [-0.4, -0.2) is 34.2 Å². The van der Waals surface area contributed by atoms with Crippen molar-refractivity contribution >= 4 is 6.08 Å². The molecule has 160 valence electrons. The van der Waals surface area contributed by atoms with Crippen LogP contribution in [0, 0.1) is 0 Å². The standard InChI is InChI=1S/C27H30N2O2/c30-27-18-26(31-20-21-6-2-1-3-7-21)12-15-29(27)25-11-10-23-16-22(8-9-24(23)17-25)19-28-13-4-5-14-28/h1-3,6-9,12,15-18,27,30H,4-5,10-11,13-14,19-20H2. The molecule has 31 heavy (non-hydrogen) atoms. The van der Waals surface area contributed by atoms with Gasteiger partial charge in [0.05, 0.1) is 0 Å². The summed E-state index contributed by atoms with van der Waals surface area (Å²) in [7, 11) is 0. The van der Waals surface area contributed by atoms with Gasteiger partial charge >= 0.3 is 0 Å². The van der Waals surface area contributed by atoms with E-state index in [4.69, 9.17) is 4.74 Å². The summed E-state index contributed by atoms with van der Waals surface area (Å²) in [6, 6.07) is 17.0. The molecule has 0 amide bonds. The lowest BCUT2D eigenvalue weighted by Gasteiger charge is -2.32. The Hall–Kier alpha value is -2.82. The third kappa shape index (κ3) is 4.76. The minimum atomic E-state index is -0.710. The first-order chi connectivity index (χ1) is 15.2. The van der Waals surface area contributed by atoms with Crippen molar-refractivity contribution in [3.05, 3.63) is 101 Å². The van der Waals surface area contributed by atoms with Crippen molar-refractivity contribution in [2.75, 3.05) is 13.1 Å². The van der Waals surface area contributed by atoms with Gasteiger partial charge in [0.15, 0.2) is 6.23 Å². The van der Waals surface area contributed by atoms with E-state index in [1.54, 1.807) is 6.08 Å². The zero-order chi connectivity index (χ0) is 21.0. The molecule has 2 aromatic carbocycles. The number of rotatable bonds is 6. The van der Waals surface area contributed by atoms with Gasteiger partial charge in [-0.2, -0.15) is 0 Å². The van der Waals surface area contributed by atoms with Gasteiger partial charge in [-0.1, -0.05) is 48.5 Å². The summed E-state index contributed by atoms with van der Waals surface area (Å²) < 4.78 is 5.86. The highest BCUT2D eigenvalue weighted by Crippen LogP contribution is 2.30. The van der Waals surface area contributed by atoms with E-state index in [-0.39, 0.29) is 0 Å². The van der Waals surface area contributed by atoms with Crippen LogP contribution in [0.25, 0.3) is 6.08 Å². The van der Waals surface area contributed by atoms with Crippen LogP contribution in [0.1, 0.15) is 41.5 Å². The van der Waals surface area contributed by atoms with E-state index in [1.807, 2.05) is 47.5 Å². The summed E-state index contributed by atoms with van der Waals surface area (Å²) >= 11 is 0. The van der Waals surface area contributed by atoms with E-state index in [2.05, 4.69) is 29.2 Å². The van der Waals surface area contributed by atoms with Crippen LogP contribution in [0.4, 0.5) is 0 Å². The Morgan fingerprint density at radius 3 is 2.61 bits per heavy atom. The summed E-state index contributed by atoms with van der Waals surface area (Å²) in [5, 5.41) is 10.7. The Kier molecular flexibility index (Phi) is 5.92. The third-order valence-electron chi connectivity index (χ3n) is 6.36. The first-order valence-corrected chi connectivity index (χ1v) is 11.3. The van der Waals surface area contributed by atoms with Gasteiger partial charge in [-0.25, -0.2) is 0 Å². The fourth-order valence-electron chi connectivity index (χ4n) is 4.66. The number of aryl methyl sites for hydroxylation is 1. The molecular weight excluding hydrogens is 384 g/mol. The van der Waals surface area contributed by atoms with Crippen LogP contribution in [0.5, 0.6) is 0 Å². The molecule has 2 aliphatic heterocycles. The third-order valence-corrected chi connectivity index (χ3v) is 6.36. The van der Waals surface area contributed by atoms with Gasteiger partial charge in [0.1, 0.15) is 12.4 Å². The van der Waals surface area contributed by atoms with Gasteiger partial charge in [-0.05, 0) is 73.2 Å². The zero-order valence-electron chi connectivity index (χ0n) is 17.9. The Morgan fingerprint density at radius 1 is 0.968 bits per heavy atom. The second kappa shape index (κ2) is 9.13. The first kappa shape index (κ1) is 20.1. The van der Waals surface area contributed by atoms with Crippen molar-refractivity contribution < 1.29 is 9.84 Å².